The summed E-state index contributed by atoms with van der Waals surface area (Å²) in [6, 6.07) is 8.88. The van der Waals surface area contributed by atoms with Crippen LogP contribution >= 0.6 is 0 Å². The van der Waals surface area contributed by atoms with Gasteiger partial charge in [0, 0.05) is 13.0 Å². The molecule has 0 bridgehead atoms. The average Bonchev–Trinajstić information content (AvgIpc) is 3.02. The molecule has 1 heterocycles. The molecule has 1 aromatic rings. The highest BCUT2D eigenvalue weighted by Crippen LogP contribution is 2.13. The van der Waals surface area contributed by atoms with Crippen LogP contribution in [0.15, 0.2) is 30.3 Å². The van der Waals surface area contributed by atoms with E-state index in [1.54, 1.807) is 6.92 Å². The normalized spacial score (nSPS) is 19.0. The molecule has 0 radical (unpaired) electrons. The second-order valence-corrected chi connectivity index (χ2v) is 5.00. The van der Waals surface area contributed by atoms with Gasteiger partial charge in [-0.15, -0.1) is 0 Å². The van der Waals surface area contributed by atoms with Gasteiger partial charge in [-0.05, 0) is 25.3 Å². The first-order chi connectivity index (χ1) is 10.2. The number of ether oxygens (including phenoxy) is 2. The lowest BCUT2D eigenvalue weighted by Gasteiger charge is -2.19. The maximum Gasteiger partial charge on any atom is 0.328 e. The Bertz CT molecular complexity index is 468. The Morgan fingerprint density at radius 3 is 2.76 bits per heavy atom. The quantitative estimate of drug-likeness (QED) is 0.806. The van der Waals surface area contributed by atoms with Gasteiger partial charge in [0.15, 0.2) is 0 Å². The molecule has 5 heteroatoms. The minimum absolute atomic E-state index is 0.235. The Morgan fingerprint density at radius 1 is 1.38 bits per heavy atom. The average molecular weight is 291 g/mol. The largest absolute Gasteiger partial charge is 0.464 e. The summed E-state index contributed by atoms with van der Waals surface area (Å²) in [6.07, 6.45) is 1.55. The number of carbonyl (C=O) groups excluding carboxylic acids is 2. The third-order valence-electron chi connectivity index (χ3n) is 3.39. The molecule has 5 nitrogen and oxygen atoms in total. The highest BCUT2D eigenvalue weighted by molar-refractivity contribution is 5.87. The predicted octanol–water partition coefficient (Wildman–Crippen LogP) is 1.46. The van der Waals surface area contributed by atoms with E-state index in [-0.39, 0.29) is 5.91 Å². The molecule has 0 spiro atoms. The van der Waals surface area contributed by atoms with Crippen LogP contribution in [-0.4, -0.2) is 37.2 Å². The molecule has 2 atom stereocenters. The molecule has 0 aromatic heterocycles. The van der Waals surface area contributed by atoms with E-state index in [1.165, 1.54) is 0 Å². The summed E-state index contributed by atoms with van der Waals surface area (Å²) in [5.74, 6) is -0.644. The van der Waals surface area contributed by atoms with E-state index in [9.17, 15) is 9.59 Å². The Morgan fingerprint density at radius 2 is 2.14 bits per heavy atom. The fourth-order valence-electron chi connectivity index (χ4n) is 2.34. The van der Waals surface area contributed by atoms with E-state index < -0.39 is 18.1 Å². The second-order valence-electron chi connectivity index (χ2n) is 5.00. The lowest BCUT2D eigenvalue weighted by Crippen LogP contribution is -2.47. The van der Waals surface area contributed by atoms with Gasteiger partial charge in [-0.25, -0.2) is 4.79 Å². The van der Waals surface area contributed by atoms with Gasteiger partial charge in [-0.1, -0.05) is 30.3 Å². The molecule has 0 saturated carbocycles. The van der Waals surface area contributed by atoms with Crippen molar-refractivity contribution in [1.82, 2.24) is 5.32 Å². The first-order valence-corrected chi connectivity index (χ1v) is 7.33. The highest BCUT2D eigenvalue weighted by atomic mass is 16.5. The second kappa shape index (κ2) is 7.78. The lowest BCUT2D eigenvalue weighted by atomic mass is 10.1. The summed E-state index contributed by atoms with van der Waals surface area (Å²) in [5, 5.41) is 2.75. The third-order valence-corrected chi connectivity index (χ3v) is 3.39. The minimum Gasteiger partial charge on any atom is -0.464 e. The summed E-state index contributed by atoms with van der Waals surface area (Å²) >= 11 is 0. The maximum atomic E-state index is 12.1. The summed E-state index contributed by atoms with van der Waals surface area (Å²) in [4.78, 5) is 24.1. The predicted molar refractivity (Wildman–Crippen MR) is 77.7 cm³/mol. The van der Waals surface area contributed by atoms with E-state index in [1.807, 2.05) is 30.3 Å². The van der Waals surface area contributed by atoms with Crippen LogP contribution in [0.2, 0.25) is 0 Å². The molecular weight excluding hydrogens is 270 g/mol. The Labute approximate surface area is 124 Å². The van der Waals surface area contributed by atoms with Crippen molar-refractivity contribution in [3.8, 4) is 0 Å². The van der Waals surface area contributed by atoms with Gasteiger partial charge in [0.1, 0.15) is 12.1 Å². The molecule has 21 heavy (non-hydrogen) atoms. The van der Waals surface area contributed by atoms with Crippen LogP contribution in [0.5, 0.6) is 0 Å². The monoisotopic (exact) mass is 291 g/mol. The molecule has 2 rings (SSSR count). The third kappa shape index (κ3) is 4.56. The molecule has 0 unspecified atom stereocenters. The summed E-state index contributed by atoms with van der Waals surface area (Å²) in [7, 11) is 0. The van der Waals surface area contributed by atoms with Crippen molar-refractivity contribution in [1.29, 1.82) is 0 Å². The Hall–Kier alpha value is -1.88. The minimum atomic E-state index is -0.677. The smallest absolute Gasteiger partial charge is 0.328 e. The van der Waals surface area contributed by atoms with E-state index in [0.717, 1.165) is 12.0 Å². The first kappa shape index (κ1) is 15.5. The number of carbonyl (C=O) groups is 2. The van der Waals surface area contributed by atoms with Crippen LogP contribution in [0.3, 0.4) is 0 Å². The lowest BCUT2D eigenvalue weighted by molar-refractivity contribution is -0.148. The molecular formula is C16H21NO4. The number of rotatable bonds is 6. The Kier molecular flexibility index (Phi) is 5.75. The van der Waals surface area contributed by atoms with Crippen LogP contribution < -0.4 is 5.32 Å². The van der Waals surface area contributed by atoms with Gasteiger partial charge in [0.05, 0.1) is 6.61 Å². The van der Waals surface area contributed by atoms with Crippen molar-refractivity contribution in [2.75, 3.05) is 13.2 Å². The van der Waals surface area contributed by atoms with Gasteiger partial charge in [0.25, 0.3) is 0 Å². The van der Waals surface area contributed by atoms with Crippen LogP contribution in [0, 0.1) is 0 Å². The summed E-state index contributed by atoms with van der Waals surface area (Å²) < 4.78 is 10.4. The van der Waals surface area contributed by atoms with Crippen molar-refractivity contribution in [3.05, 3.63) is 35.9 Å². The number of amides is 1. The number of esters is 1. The number of nitrogens with one attached hydrogen (secondary N) is 1. The van der Waals surface area contributed by atoms with Gasteiger partial charge in [-0.2, -0.15) is 0 Å². The SMILES string of the molecule is CCOC(=O)[C@@H](Cc1ccccc1)NC(=O)[C@H]1CCCO1. The van der Waals surface area contributed by atoms with Crippen molar-refractivity contribution in [2.45, 2.75) is 38.3 Å². The zero-order valence-electron chi connectivity index (χ0n) is 12.2. The van der Waals surface area contributed by atoms with Crippen LogP contribution in [0.4, 0.5) is 0 Å². The van der Waals surface area contributed by atoms with Crippen molar-refractivity contribution in [3.63, 3.8) is 0 Å². The number of benzene rings is 1. The van der Waals surface area contributed by atoms with Crippen molar-refractivity contribution in [2.24, 2.45) is 0 Å². The molecule has 1 aliphatic heterocycles. The summed E-state index contributed by atoms with van der Waals surface area (Å²) in [5.41, 5.74) is 0.975. The van der Waals surface area contributed by atoms with Gasteiger partial charge in [0.2, 0.25) is 5.91 Å². The van der Waals surface area contributed by atoms with Crippen molar-refractivity contribution >= 4 is 11.9 Å². The Balaban J connectivity index is 2.01. The van der Waals surface area contributed by atoms with Gasteiger partial charge >= 0.3 is 5.97 Å². The van der Waals surface area contributed by atoms with Crippen LogP contribution in [-0.2, 0) is 25.5 Å². The fourth-order valence-corrected chi connectivity index (χ4v) is 2.34. The topological polar surface area (TPSA) is 64.6 Å². The van der Waals surface area contributed by atoms with E-state index in [4.69, 9.17) is 9.47 Å². The molecule has 1 amide bonds. The standard InChI is InChI=1S/C16H21NO4/c1-2-20-16(19)13(11-12-7-4-3-5-8-12)17-15(18)14-9-6-10-21-14/h3-5,7-8,13-14H,2,6,9-11H2,1H3,(H,17,18)/t13-,14-/m1/s1. The molecule has 1 aromatic carbocycles. The van der Waals surface area contributed by atoms with Crippen LogP contribution in [0.25, 0.3) is 0 Å². The summed E-state index contributed by atoms with van der Waals surface area (Å²) in [6.45, 7) is 2.64. The number of hydrogen-bond donors (Lipinski definition) is 1. The number of hydrogen-bond acceptors (Lipinski definition) is 4. The van der Waals surface area contributed by atoms with E-state index in [0.29, 0.717) is 26.1 Å². The van der Waals surface area contributed by atoms with Crippen LogP contribution in [0.1, 0.15) is 25.3 Å². The fraction of sp³-hybridized carbons (Fsp3) is 0.500. The molecule has 1 fully saturated rings. The zero-order valence-corrected chi connectivity index (χ0v) is 12.2. The molecule has 1 saturated heterocycles. The highest BCUT2D eigenvalue weighted by Gasteiger charge is 2.29. The first-order valence-electron chi connectivity index (χ1n) is 7.33. The van der Waals surface area contributed by atoms with E-state index in [2.05, 4.69) is 5.32 Å². The van der Waals surface area contributed by atoms with E-state index >= 15 is 0 Å². The van der Waals surface area contributed by atoms with Gasteiger partial charge in [-0.3, -0.25) is 4.79 Å². The molecule has 0 aliphatic carbocycles. The zero-order chi connectivity index (χ0) is 15.1. The maximum absolute atomic E-state index is 12.1. The van der Waals surface area contributed by atoms with Crippen molar-refractivity contribution < 1.29 is 19.1 Å². The molecule has 1 N–H and O–H groups in total. The molecule has 1 aliphatic rings. The van der Waals surface area contributed by atoms with Gasteiger partial charge < -0.3 is 14.8 Å². The molecule has 114 valence electrons.